The van der Waals surface area contributed by atoms with Crippen LogP contribution in [0.4, 0.5) is 0 Å². The Labute approximate surface area is 134 Å². The van der Waals surface area contributed by atoms with E-state index < -0.39 is 6.04 Å². The van der Waals surface area contributed by atoms with Crippen molar-refractivity contribution in [2.75, 3.05) is 32.8 Å². The van der Waals surface area contributed by atoms with Crippen molar-refractivity contribution in [2.24, 2.45) is 5.92 Å². The summed E-state index contributed by atoms with van der Waals surface area (Å²) in [6, 6.07) is -0.483. The molecule has 2 N–H and O–H groups in total. The van der Waals surface area contributed by atoms with E-state index in [9.17, 15) is 9.59 Å². The summed E-state index contributed by atoms with van der Waals surface area (Å²) in [5.74, 6) is -0.237. The van der Waals surface area contributed by atoms with E-state index in [1.807, 2.05) is 13.8 Å². The predicted octanol–water partition coefficient (Wildman–Crippen LogP) is 0.764. The van der Waals surface area contributed by atoms with Crippen LogP contribution in [0.5, 0.6) is 0 Å². The van der Waals surface area contributed by atoms with Crippen molar-refractivity contribution < 1.29 is 14.3 Å². The van der Waals surface area contributed by atoms with Crippen molar-refractivity contribution in [3.05, 3.63) is 0 Å². The van der Waals surface area contributed by atoms with E-state index in [1.54, 1.807) is 0 Å². The van der Waals surface area contributed by atoms with Gasteiger partial charge in [-0.3, -0.25) is 14.5 Å². The lowest BCUT2D eigenvalue weighted by Crippen LogP contribution is -2.59. The number of carbonyl (C=O) groups is 2. The Morgan fingerprint density at radius 1 is 1.27 bits per heavy atom. The summed E-state index contributed by atoms with van der Waals surface area (Å²) >= 11 is 0. The Bertz CT molecular complexity index is 381. The highest BCUT2D eigenvalue weighted by molar-refractivity contribution is 5.87. The van der Waals surface area contributed by atoms with Crippen LogP contribution in [0.2, 0.25) is 0 Å². The van der Waals surface area contributed by atoms with Gasteiger partial charge in [0.2, 0.25) is 11.8 Å². The van der Waals surface area contributed by atoms with E-state index >= 15 is 0 Å². The third-order valence-electron chi connectivity index (χ3n) is 4.49. The third-order valence-corrected chi connectivity index (χ3v) is 4.49. The molecule has 2 atom stereocenters. The van der Waals surface area contributed by atoms with Crippen molar-refractivity contribution in [1.29, 1.82) is 0 Å². The first-order chi connectivity index (χ1) is 10.3. The Balaban J connectivity index is 2.63. The zero-order valence-electron chi connectivity index (χ0n) is 14.6. The highest BCUT2D eigenvalue weighted by Crippen LogP contribution is 2.20. The molecular formula is C16H31N3O3. The van der Waals surface area contributed by atoms with E-state index in [-0.39, 0.29) is 23.3 Å². The van der Waals surface area contributed by atoms with Crippen LogP contribution >= 0.6 is 0 Å². The Morgan fingerprint density at radius 2 is 1.86 bits per heavy atom. The van der Waals surface area contributed by atoms with Gasteiger partial charge in [0.1, 0.15) is 6.04 Å². The number of carbonyl (C=O) groups excluding carboxylic acids is 2. The summed E-state index contributed by atoms with van der Waals surface area (Å²) in [7, 11) is 0. The molecule has 6 nitrogen and oxygen atoms in total. The van der Waals surface area contributed by atoms with Gasteiger partial charge >= 0.3 is 0 Å². The Morgan fingerprint density at radius 3 is 2.32 bits per heavy atom. The van der Waals surface area contributed by atoms with Crippen LogP contribution in [-0.2, 0) is 14.3 Å². The molecule has 0 aromatic heterocycles. The van der Waals surface area contributed by atoms with Crippen molar-refractivity contribution >= 4 is 11.8 Å². The Hall–Kier alpha value is -1.14. The normalized spacial score (nSPS) is 20.3. The molecule has 1 aliphatic rings. The summed E-state index contributed by atoms with van der Waals surface area (Å²) in [4.78, 5) is 26.0. The molecule has 1 aliphatic heterocycles. The topological polar surface area (TPSA) is 70.7 Å². The number of hydrogen-bond acceptors (Lipinski definition) is 4. The fraction of sp³-hybridized carbons (Fsp3) is 0.875. The number of nitrogens with zero attached hydrogens (tertiary/aromatic N) is 1. The van der Waals surface area contributed by atoms with E-state index in [0.717, 1.165) is 32.7 Å². The molecule has 128 valence electrons. The van der Waals surface area contributed by atoms with Crippen molar-refractivity contribution in [2.45, 2.75) is 52.6 Å². The zero-order chi connectivity index (χ0) is 16.8. The van der Waals surface area contributed by atoms with Crippen LogP contribution in [0.1, 0.15) is 41.0 Å². The lowest BCUT2D eigenvalue weighted by molar-refractivity contribution is -0.129. The van der Waals surface area contributed by atoms with Crippen molar-refractivity contribution in [3.63, 3.8) is 0 Å². The smallest absolute Gasteiger partial charge is 0.242 e. The molecule has 2 unspecified atom stereocenters. The average molecular weight is 313 g/mol. The number of amides is 2. The highest BCUT2D eigenvalue weighted by Gasteiger charge is 2.33. The number of rotatable bonds is 7. The molecule has 0 saturated carbocycles. The largest absolute Gasteiger partial charge is 0.379 e. The number of morpholine rings is 1. The van der Waals surface area contributed by atoms with Gasteiger partial charge in [0, 0.05) is 32.1 Å². The van der Waals surface area contributed by atoms with Crippen LogP contribution < -0.4 is 10.6 Å². The van der Waals surface area contributed by atoms with Gasteiger partial charge in [0.25, 0.3) is 0 Å². The van der Waals surface area contributed by atoms with Gasteiger partial charge in [0.05, 0.1) is 13.2 Å². The predicted molar refractivity (Wildman–Crippen MR) is 86.5 cm³/mol. The molecule has 2 amide bonds. The number of ether oxygens (including phenoxy) is 1. The van der Waals surface area contributed by atoms with Crippen LogP contribution in [-0.4, -0.2) is 61.1 Å². The summed E-state index contributed by atoms with van der Waals surface area (Å²) in [5, 5.41) is 5.75. The SMILES string of the molecule is CCC(C)(CNC(=O)C(NC(C)=O)C(C)C)N1CCOCC1. The van der Waals surface area contributed by atoms with Crippen molar-refractivity contribution in [3.8, 4) is 0 Å². The summed E-state index contributed by atoms with van der Waals surface area (Å²) < 4.78 is 5.40. The minimum absolute atomic E-state index is 0.0557. The second kappa shape index (κ2) is 8.48. The zero-order valence-corrected chi connectivity index (χ0v) is 14.6. The van der Waals surface area contributed by atoms with Crippen LogP contribution in [0.15, 0.2) is 0 Å². The lowest BCUT2D eigenvalue weighted by atomic mass is 9.95. The van der Waals surface area contributed by atoms with Crippen LogP contribution in [0, 0.1) is 5.92 Å². The van der Waals surface area contributed by atoms with Crippen molar-refractivity contribution in [1.82, 2.24) is 15.5 Å². The molecule has 6 heteroatoms. The first kappa shape index (κ1) is 18.9. The van der Waals surface area contributed by atoms with E-state index in [4.69, 9.17) is 4.74 Å². The van der Waals surface area contributed by atoms with Gasteiger partial charge in [-0.05, 0) is 19.3 Å². The van der Waals surface area contributed by atoms with E-state index in [2.05, 4.69) is 29.4 Å². The maximum Gasteiger partial charge on any atom is 0.242 e. The summed E-state index contributed by atoms with van der Waals surface area (Å²) in [6.45, 7) is 13.4. The molecule has 1 rings (SSSR count). The molecule has 0 radical (unpaired) electrons. The first-order valence-corrected chi connectivity index (χ1v) is 8.17. The molecule has 0 aliphatic carbocycles. The van der Waals surface area contributed by atoms with Gasteiger partial charge in [-0.15, -0.1) is 0 Å². The molecule has 0 spiro atoms. The van der Waals surface area contributed by atoms with Gasteiger partial charge in [-0.1, -0.05) is 20.8 Å². The molecule has 0 bridgehead atoms. The second-order valence-corrected chi connectivity index (χ2v) is 6.59. The van der Waals surface area contributed by atoms with E-state index in [1.165, 1.54) is 6.92 Å². The standard InChI is InChI=1S/C16H31N3O3/c1-6-16(5,19-7-9-22-10-8-19)11-17-15(21)14(12(2)3)18-13(4)20/h12,14H,6-11H2,1-5H3,(H,17,21)(H,18,20). The van der Waals surface area contributed by atoms with Crippen LogP contribution in [0.3, 0.4) is 0 Å². The third kappa shape index (κ3) is 5.25. The highest BCUT2D eigenvalue weighted by atomic mass is 16.5. The minimum atomic E-state index is -0.483. The average Bonchev–Trinajstić information content (AvgIpc) is 2.50. The fourth-order valence-electron chi connectivity index (χ4n) is 2.71. The molecular weight excluding hydrogens is 282 g/mol. The van der Waals surface area contributed by atoms with Crippen LogP contribution in [0.25, 0.3) is 0 Å². The quantitative estimate of drug-likeness (QED) is 0.728. The monoisotopic (exact) mass is 313 g/mol. The molecule has 22 heavy (non-hydrogen) atoms. The number of hydrogen-bond donors (Lipinski definition) is 2. The fourth-order valence-corrected chi connectivity index (χ4v) is 2.71. The minimum Gasteiger partial charge on any atom is -0.379 e. The molecule has 0 aromatic rings. The van der Waals surface area contributed by atoms with Gasteiger partial charge in [-0.25, -0.2) is 0 Å². The molecule has 1 saturated heterocycles. The van der Waals surface area contributed by atoms with Gasteiger partial charge < -0.3 is 15.4 Å². The lowest BCUT2D eigenvalue weighted by Gasteiger charge is -2.43. The molecule has 1 fully saturated rings. The molecule has 1 heterocycles. The van der Waals surface area contributed by atoms with Gasteiger partial charge in [-0.2, -0.15) is 0 Å². The maximum atomic E-state index is 12.4. The second-order valence-electron chi connectivity index (χ2n) is 6.59. The summed E-state index contributed by atoms with van der Waals surface area (Å²) in [6.07, 6.45) is 0.944. The first-order valence-electron chi connectivity index (χ1n) is 8.17. The van der Waals surface area contributed by atoms with E-state index in [0.29, 0.717) is 6.54 Å². The Kier molecular flexibility index (Phi) is 7.29. The number of nitrogens with one attached hydrogen (secondary N) is 2. The molecule has 0 aromatic carbocycles. The van der Waals surface area contributed by atoms with Gasteiger partial charge in [0.15, 0.2) is 0 Å². The summed E-state index contributed by atoms with van der Waals surface area (Å²) in [5.41, 5.74) is -0.0861. The maximum absolute atomic E-state index is 12.4.